The Kier molecular flexibility index (Phi) is 5.96. The molecule has 6 heteroatoms. The number of nitrogens with one attached hydrogen (secondary N) is 1. The van der Waals surface area contributed by atoms with Crippen LogP contribution in [0.25, 0.3) is 0 Å². The average Bonchev–Trinajstić information content (AvgIpc) is 2.69. The molecule has 0 aliphatic carbocycles. The Hall–Kier alpha value is -3.02. The van der Waals surface area contributed by atoms with Gasteiger partial charge in [-0.1, -0.05) is 37.3 Å². The molecule has 0 fully saturated rings. The van der Waals surface area contributed by atoms with E-state index in [0.29, 0.717) is 36.8 Å². The van der Waals surface area contributed by atoms with Gasteiger partial charge in [-0.15, -0.1) is 0 Å². The molecule has 0 saturated heterocycles. The van der Waals surface area contributed by atoms with Gasteiger partial charge in [-0.25, -0.2) is 0 Å². The highest BCUT2D eigenvalue weighted by atomic mass is 16.6. The Bertz CT molecular complexity index is 805. The summed E-state index contributed by atoms with van der Waals surface area (Å²) in [6.07, 6.45) is -0.317. The van der Waals surface area contributed by atoms with Gasteiger partial charge in [-0.3, -0.25) is 9.59 Å². The first kappa shape index (κ1) is 18.8. The van der Waals surface area contributed by atoms with Crippen LogP contribution in [0.4, 0.5) is 5.69 Å². The second-order valence-electron chi connectivity index (χ2n) is 6.30. The third-order valence-electron chi connectivity index (χ3n) is 4.37. The molecule has 1 N–H and O–H groups in total. The van der Waals surface area contributed by atoms with Gasteiger partial charge >= 0.3 is 5.97 Å². The van der Waals surface area contributed by atoms with Crippen molar-refractivity contribution in [1.29, 1.82) is 0 Å². The molecule has 0 saturated carbocycles. The van der Waals surface area contributed by atoms with E-state index in [1.165, 1.54) is 0 Å². The van der Waals surface area contributed by atoms with Crippen LogP contribution in [0.5, 0.6) is 11.5 Å². The Morgan fingerprint density at radius 3 is 2.48 bits per heavy atom. The van der Waals surface area contributed by atoms with Crippen molar-refractivity contribution < 1.29 is 23.8 Å². The fourth-order valence-corrected chi connectivity index (χ4v) is 2.90. The van der Waals surface area contributed by atoms with Crippen LogP contribution in [0.2, 0.25) is 0 Å². The van der Waals surface area contributed by atoms with E-state index in [2.05, 4.69) is 5.32 Å². The van der Waals surface area contributed by atoms with Crippen LogP contribution in [-0.2, 0) is 14.3 Å². The van der Waals surface area contributed by atoms with E-state index in [4.69, 9.17) is 14.2 Å². The fourth-order valence-electron chi connectivity index (χ4n) is 2.90. The minimum atomic E-state index is -0.913. The summed E-state index contributed by atoms with van der Waals surface area (Å²) >= 11 is 0. The summed E-state index contributed by atoms with van der Waals surface area (Å²) in [5.74, 6) is 0.0263. The lowest BCUT2D eigenvalue weighted by Gasteiger charge is -2.20. The Balaban J connectivity index is 1.61. The molecule has 2 aromatic rings. The summed E-state index contributed by atoms with van der Waals surface area (Å²) in [4.78, 5) is 24.9. The molecule has 142 valence electrons. The summed E-state index contributed by atoms with van der Waals surface area (Å²) < 4.78 is 16.4. The standard InChI is InChI=1S/C21H23NO5/c1-3-17(15-7-5-4-6-8-15)21(24)27-14(2)20(23)22-16-9-10-18-19(13-16)26-12-11-25-18/h4-10,13-14,17H,3,11-12H2,1-2H3,(H,22,23). The van der Waals surface area contributed by atoms with Crippen molar-refractivity contribution in [3.8, 4) is 11.5 Å². The molecule has 0 aromatic heterocycles. The van der Waals surface area contributed by atoms with Gasteiger partial charge in [0.15, 0.2) is 17.6 Å². The number of anilines is 1. The van der Waals surface area contributed by atoms with Crippen LogP contribution in [0.1, 0.15) is 31.7 Å². The van der Waals surface area contributed by atoms with Gasteiger partial charge in [-0.05, 0) is 31.0 Å². The van der Waals surface area contributed by atoms with E-state index < -0.39 is 23.9 Å². The first-order valence-electron chi connectivity index (χ1n) is 9.04. The summed E-state index contributed by atoms with van der Waals surface area (Å²) in [6, 6.07) is 14.6. The zero-order valence-electron chi connectivity index (χ0n) is 15.4. The lowest BCUT2D eigenvalue weighted by molar-refractivity contribution is -0.154. The van der Waals surface area contributed by atoms with E-state index in [9.17, 15) is 9.59 Å². The molecule has 0 spiro atoms. The van der Waals surface area contributed by atoms with E-state index in [1.807, 2.05) is 37.3 Å². The molecule has 2 aromatic carbocycles. The Morgan fingerprint density at radius 1 is 1.07 bits per heavy atom. The SMILES string of the molecule is CCC(C(=O)OC(C)C(=O)Nc1ccc2c(c1)OCCO2)c1ccccc1. The summed E-state index contributed by atoms with van der Waals surface area (Å²) in [5.41, 5.74) is 1.44. The van der Waals surface area contributed by atoms with E-state index >= 15 is 0 Å². The third kappa shape index (κ3) is 4.58. The molecule has 1 amide bonds. The largest absolute Gasteiger partial charge is 0.486 e. The molecule has 27 heavy (non-hydrogen) atoms. The molecule has 1 aliphatic heterocycles. The van der Waals surface area contributed by atoms with Crippen LogP contribution < -0.4 is 14.8 Å². The van der Waals surface area contributed by atoms with Crippen LogP contribution in [0, 0.1) is 0 Å². The summed E-state index contributed by atoms with van der Waals surface area (Å²) in [7, 11) is 0. The van der Waals surface area contributed by atoms with Crippen LogP contribution in [0.3, 0.4) is 0 Å². The smallest absolute Gasteiger partial charge is 0.314 e. The quantitative estimate of drug-likeness (QED) is 0.789. The maximum Gasteiger partial charge on any atom is 0.314 e. The van der Waals surface area contributed by atoms with E-state index in [1.54, 1.807) is 25.1 Å². The predicted molar refractivity (Wildman–Crippen MR) is 101 cm³/mol. The molecule has 2 atom stereocenters. The maximum atomic E-state index is 12.5. The third-order valence-corrected chi connectivity index (χ3v) is 4.37. The molecule has 1 aliphatic rings. The number of benzene rings is 2. The highest BCUT2D eigenvalue weighted by Gasteiger charge is 2.25. The summed E-state index contributed by atoms with van der Waals surface area (Å²) in [5, 5.41) is 2.74. The van der Waals surface area contributed by atoms with Gasteiger partial charge in [0.1, 0.15) is 13.2 Å². The predicted octanol–water partition coefficient (Wildman–Crippen LogP) is 3.52. The van der Waals surface area contributed by atoms with Crippen molar-refractivity contribution >= 4 is 17.6 Å². The van der Waals surface area contributed by atoms with Crippen molar-refractivity contribution in [1.82, 2.24) is 0 Å². The molecule has 2 unspecified atom stereocenters. The second kappa shape index (κ2) is 8.58. The molecule has 3 rings (SSSR count). The number of ether oxygens (including phenoxy) is 3. The topological polar surface area (TPSA) is 73.9 Å². The van der Waals surface area contributed by atoms with Crippen molar-refractivity contribution in [2.75, 3.05) is 18.5 Å². The Labute approximate surface area is 158 Å². The molecule has 0 radical (unpaired) electrons. The second-order valence-corrected chi connectivity index (χ2v) is 6.30. The zero-order chi connectivity index (χ0) is 19.2. The van der Waals surface area contributed by atoms with Gasteiger partial charge in [0, 0.05) is 11.8 Å². The number of carbonyl (C=O) groups is 2. The lowest BCUT2D eigenvalue weighted by atomic mass is 9.97. The van der Waals surface area contributed by atoms with Crippen molar-refractivity contribution in [2.45, 2.75) is 32.3 Å². The van der Waals surface area contributed by atoms with Gasteiger partial charge in [0.25, 0.3) is 5.91 Å². The minimum Gasteiger partial charge on any atom is -0.486 e. The lowest BCUT2D eigenvalue weighted by Crippen LogP contribution is -2.31. The first-order chi connectivity index (χ1) is 13.1. The maximum absolute atomic E-state index is 12.5. The minimum absolute atomic E-state index is 0.393. The number of carbonyl (C=O) groups excluding carboxylic acids is 2. The van der Waals surface area contributed by atoms with Gasteiger partial charge in [0.2, 0.25) is 0 Å². The normalized spacial score (nSPS) is 14.7. The van der Waals surface area contributed by atoms with Crippen LogP contribution >= 0.6 is 0 Å². The van der Waals surface area contributed by atoms with Gasteiger partial charge < -0.3 is 19.5 Å². The number of fused-ring (bicyclic) bond motifs is 1. The van der Waals surface area contributed by atoms with Crippen LogP contribution in [-0.4, -0.2) is 31.2 Å². The van der Waals surface area contributed by atoms with Crippen molar-refractivity contribution in [3.63, 3.8) is 0 Å². The monoisotopic (exact) mass is 369 g/mol. The fraction of sp³-hybridized carbons (Fsp3) is 0.333. The number of hydrogen-bond donors (Lipinski definition) is 1. The molecule has 6 nitrogen and oxygen atoms in total. The van der Waals surface area contributed by atoms with Gasteiger partial charge in [0.05, 0.1) is 5.92 Å². The molecular weight excluding hydrogens is 346 g/mol. The summed E-state index contributed by atoms with van der Waals surface area (Å²) in [6.45, 7) is 4.45. The first-order valence-corrected chi connectivity index (χ1v) is 9.04. The Morgan fingerprint density at radius 2 is 1.78 bits per heavy atom. The number of hydrogen-bond acceptors (Lipinski definition) is 5. The average molecular weight is 369 g/mol. The zero-order valence-corrected chi connectivity index (χ0v) is 15.4. The van der Waals surface area contributed by atoms with E-state index in [0.717, 1.165) is 5.56 Å². The number of rotatable bonds is 6. The highest BCUT2D eigenvalue weighted by Crippen LogP contribution is 2.32. The number of amides is 1. The van der Waals surface area contributed by atoms with Crippen molar-refractivity contribution in [3.05, 3.63) is 54.1 Å². The number of esters is 1. The molecule has 1 heterocycles. The van der Waals surface area contributed by atoms with Crippen molar-refractivity contribution in [2.24, 2.45) is 0 Å². The molecule has 0 bridgehead atoms. The highest BCUT2D eigenvalue weighted by molar-refractivity contribution is 5.95. The molecular formula is C21H23NO5. The van der Waals surface area contributed by atoms with Gasteiger partial charge in [-0.2, -0.15) is 0 Å². The van der Waals surface area contributed by atoms with E-state index in [-0.39, 0.29) is 0 Å². The van der Waals surface area contributed by atoms with Crippen LogP contribution in [0.15, 0.2) is 48.5 Å².